The molecule has 0 aromatic rings. The molecular formula is C6H11NO3S. The van der Waals surface area contributed by atoms with E-state index in [1.165, 1.54) is 13.0 Å². The Kier molecular flexibility index (Phi) is 3.25. The molecule has 0 N–H and O–H groups in total. The second-order valence-electron chi connectivity index (χ2n) is 2.10. The highest BCUT2D eigenvalue weighted by Gasteiger charge is 2.16. The average molecular weight is 177 g/mol. The van der Waals surface area contributed by atoms with Crippen LogP contribution in [0.3, 0.4) is 0 Å². The lowest BCUT2D eigenvalue weighted by Gasteiger charge is -2.15. The third-order valence-electron chi connectivity index (χ3n) is 1.05. The second-order valence-corrected chi connectivity index (χ2v) is 4.01. The molecule has 0 unspecified atom stereocenters. The van der Waals surface area contributed by atoms with Crippen molar-refractivity contribution in [3.05, 3.63) is 12.7 Å². The molecule has 0 aliphatic carbocycles. The van der Waals surface area contributed by atoms with Crippen LogP contribution in [-0.4, -0.2) is 31.4 Å². The van der Waals surface area contributed by atoms with Gasteiger partial charge in [-0.1, -0.05) is 6.08 Å². The first kappa shape index (κ1) is 10.2. The summed E-state index contributed by atoms with van der Waals surface area (Å²) in [7, 11) is -3.41. The standard InChI is InChI=1S/C6H11NO3S/c1-4-5-7(6(2)8)11(3,9)10/h4H,1,5H2,2-3H3. The van der Waals surface area contributed by atoms with Crippen LogP contribution in [0.1, 0.15) is 6.92 Å². The van der Waals surface area contributed by atoms with Gasteiger partial charge in [-0.25, -0.2) is 12.7 Å². The summed E-state index contributed by atoms with van der Waals surface area (Å²) in [6.07, 6.45) is 2.35. The Hall–Kier alpha value is -0.840. The molecule has 0 heterocycles. The van der Waals surface area contributed by atoms with Crippen molar-refractivity contribution in [1.82, 2.24) is 4.31 Å². The second kappa shape index (κ2) is 3.52. The fraction of sp³-hybridized carbons (Fsp3) is 0.500. The molecule has 64 valence electrons. The summed E-state index contributed by atoms with van der Waals surface area (Å²) in [5, 5.41) is 0. The van der Waals surface area contributed by atoms with Gasteiger partial charge in [0.1, 0.15) is 0 Å². The van der Waals surface area contributed by atoms with Crippen LogP contribution in [0.2, 0.25) is 0 Å². The fourth-order valence-electron chi connectivity index (χ4n) is 0.615. The molecule has 0 aromatic carbocycles. The molecule has 0 fully saturated rings. The van der Waals surface area contributed by atoms with Gasteiger partial charge in [-0.3, -0.25) is 4.79 Å². The fourth-order valence-corrected chi connectivity index (χ4v) is 1.46. The van der Waals surface area contributed by atoms with Crippen molar-refractivity contribution in [2.45, 2.75) is 6.92 Å². The van der Waals surface area contributed by atoms with E-state index in [2.05, 4.69) is 6.58 Å². The summed E-state index contributed by atoms with van der Waals surface area (Å²) in [5.41, 5.74) is 0. The third kappa shape index (κ3) is 3.18. The Morgan fingerprint density at radius 2 is 2.09 bits per heavy atom. The Labute approximate surface area is 66.6 Å². The van der Waals surface area contributed by atoms with E-state index in [0.717, 1.165) is 10.6 Å². The minimum Gasteiger partial charge on any atom is -0.274 e. The van der Waals surface area contributed by atoms with Crippen LogP contribution < -0.4 is 0 Å². The van der Waals surface area contributed by atoms with E-state index in [1.807, 2.05) is 0 Å². The monoisotopic (exact) mass is 177 g/mol. The van der Waals surface area contributed by atoms with Crippen molar-refractivity contribution < 1.29 is 13.2 Å². The summed E-state index contributed by atoms with van der Waals surface area (Å²) >= 11 is 0. The highest BCUT2D eigenvalue weighted by Crippen LogP contribution is 1.97. The van der Waals surface area contributed by atoms with E-state index in [0.29, 0.717) is 0 Å². The zero-order chi connectivity index (χ0) is 9.07. The highest BCUT2D eigenvalue weighted by molar-refractivity contribution is 7.88. The van der Waals surface area contributed by atoms with Crippen LogP contribution in [0, 0.1) is 0 Å². The normalized spacial score (nSPS) is 10.7. The first-order valence-corrected chi connectivity index (χ1v) is 4.83. The van der Waals surface area contributed by atoms with Gasteiger partial charge in [0.05, 0.1) is 12.8 Å². The topological polar surface area (TPSA) is 54.5 Å². The number of rotatable bonds is 3. The zero-order valence-electron chi connectivity index (χ0n) is 6.57. The van der Waals surface area contributed by atoms with Crippen LogP contribution in [0.5, 0.6) is 0 Å². The van der Waals surface area contributed by atoms with E-state index in [1.54, 1.807) is 0 Å². The minimum absolute atomic E-state index is 0.0359. The lowest BCUT2D eigenvalue weighted by atomic mass is 10.6. The van der Waals surface area contributed by atoms with Gasteiger partial charge in [0, 0.05) is 6.92 Å². The van der Waals surface area contributed by atoms with Gasteiger partial charge in [-0.05, 0) is 0 Å². The number of hydrogen-bond donors (Lipinski definition) is 0. The van der Waals surface area contributed by atoms with Crippen molar-refractivity contribution >= 4 is 15.9 Å². The molecule has 0 spiro atoms. The SMILES string of the molecule is C=CCN(C(C)=O)S(C)(=O)=O. The molecule has 0 bridgehead atoms. The Balaban J connectivity index is 4.62. The van der Waals surface area contributed by atoms with Gasteiger partial charge in [-0.2, -0.15) is 0 Å². The van der Waals surface area contributed by atoms with Crippen LogP contribution in [0.25, 0.3) is 0 Å². The number of carbonyl (C=O) groups excluding carboxylic acids is 1. The lowest BCUT2D eigenvalue weighted by Crippen LogP contribution is -2.34. The Morgan fingerprint density at radius 1 is 1.64 bits per heavy atom. The van der Waals surface area contributed by atoms with E-state index < -0.39 is 15.9 Å². The van der Waals surface area contributed by atoms with Gasteiger partial charge in [0.25, 0.3) is 0 Å². The maximum absolute atomic E-state index is 10.8. The number of nitrogens with zero attached hydrogens (tertiary/aromatic N) is 1. The summed E-state index contributed by atoms with van der Waals surface area (Å²) in [6, 6.07) is 0. The summed E-state index contributed by atoms with van der Waals surface area (Å²) < 4.78 is 22.4. The van der Waals surface area contributed by atoms with E-state index in [-0.39, 0.29) is 6.54 Å². The first-order valence-electron chi connectivity index (χ1n) is 2.98. The molecule has 0 atom stereocenters. The molecule has 4 nitrogen and oxygen atoms in total. The van der Waals surface area contributed by atoms with Gasteiger partial charge < -0.3 is 0 Å². The summed E-state index contributed by atoms with van der Waals surface area (Å²) in [5.74, 6) is -0.493. The van der Waals surface area contributed by atoms with Crippen molar-refractivity contribution in [2.75, 3.05) is 12.8 Å². The van der Waals surface area contributed by atoms with Crippen molar-refractivity contribution in [1.29, 1.82) is 0 Å². The molecule has 0 radical (unpaired) electrons. The van der Waals surface area contributed by atoms with Gasteiger partial charge in [0.15, 0.2) is 0 Å². The van der Waals surface area contributed by atoms with Gasteiger partial charge in [-0.15, -0.1) is 6.58 Å². The van der Waals surface area contributed by atoms with E-state index in [4.69, 9.17) is 0 Å². The quantitative estimate of drug-likeness (QED) is 0.569. The zero-order valence-corrected chi connectivity index (χ0v) is 7.39. The van der Waals surface area contributed by atoms with Crippen molar-refractivity contribution in [2.24, 2.45) is 0 Å². The maximum Gasteiger partial charge on any atom is 0.234 e. The summed E-state index contributed by atoms with van der Waals surface area (Å²) in [6.45, 7) is 4.57. The molecule has 1 amide bonds. The average Bonchev–Trinajstić information content (AvgIpc) is 1.79. The molecule has 0 saturated heterocycles. The van der Waals surface area contributed by atoms with E-state index >= 15 is 0 Å². The predicted molar refractivity (Wildman–Crippen MR) is 42.4 cm³/mol. The van der Waals surface area contributed by atoms with Crippen LogP contribution >= 0.6 is 0 Å². The first-order chi connectivity index (χ1) is 4.89. The van der Waals surface area contributed by atoms with Crippen LogP contribution in [0.15, 0.2) is 12.7 Å². The molecule has 0 aliphatic rings. The summed E-state index contributed by atoms with van der Waals surface area (Å²) in [4.78, 5) is 10.7. The van der Waals surface area contributed by atoms with Crippen molar-refractivity contribution in [3.8, 4) is 0 Å². The molecule has 0 aromatic heterocycles. The smallest absolute Gasteiger partial charge is 0.234 e. The van der Waals surface area contributed by atoms with Crippen LogP contribution in [0.4, 0.5) is 0 Å². The van der Waals surface area contributed by atoms with Crippen LogP contribution in [-0.2, 0) is 14.8 Å². The van der Waals surface area contributed by atoms with Gasteiger partial charge in [0.2, 0.25) is 15.9 Å². The van der Waals surface area contributed by atoms with E-state index in [9.17, 15) is 13.2 Å². The highest BCUT2D eigenvalue weighted by atomic mass is 32.2. The molecular weight excluding hydrogens is 166 g/mol. The minimum atomic E-state index is -3.41. The molecule has 0 saturated carbocycles. The third-order valence-corrected chi connectivity index (χ3v) is 2.25. The number of carbonyl (C=O) groups is 1. The lowest BCUT2D eigenvalue weighted by molar-refractivity contribution is -0.123. The Morgan fingerprint density at radius 3 is 2.18 bits per heavy atom. The molecule has 0 aliphatic heterocycles. The number of amides is 1. The number of sulfonamides is 1. The Bertz CT molecular complexity index is 255. The molecule has 11 heavy (non-hydrogen) atoms. The largest absolute Gasteiger partial charge is 0.274 e. The number of hydrogen-bond acceptors (Lipinski definition) is 3. The van der Waals surface area contributed by atoms with Crippen molar-refractivity contribution in [3.63, 3.8) is 0 Å². The molecule has 0 rings (SSSR count). The van der Waals surface area contributed by atoms with Gasteiger partial charge >= 0.3 is 0 Å². The predicted octanol–water partition coefficient (Wildman–Crippen LogP) is -0.0195. The maximum atomic E-state index is 10.8. The molecule has 5 heteroatoms.